The van der Waals surface area contributed by atoms with E-state index in [9.17, 15) is 4.79 Å². The van der Waals surface area contributed by atoms with Crippen LogP contribution in [0.2, 0.25) is 0 Å². The second kappa shape index (κ2) is 5.04. The Balaban J connectivity index is 1.62. The molecular formula is C15H15N3O2S. The van der Waals surface area contributed by atoms with Crippen LogP contribution in [-0.4, -0.2) is 16.0 Å². The third-order valence-electron chi connectivity index (χ3n) is 3.90. The third kappa shape index (κ3) is 2.47. The van der Waals surface area contributed by atoms with Crippen molar-refractivity contribution in [1.29, 1.82) is 0 Å². The Kier molecular flexibility index (Phi) is 3.03. The zero-order valence-electron chi connectivity index (χ0n) is 11.4. The number of hydrogen-bond donors (Lipinski definition) is 2. The molecule has 1 aromatic carbocycles. The zero-order chi connectivity index (χ0) is 14.2. The normalized spacial score (nSPS) is 15.8. The molecule has 5 nitrogen and oxygen atoms in total. The average Bonchev–Trinajstić information content (AvgIpc) is 3.18. The lowest BCUT2D eigenvalue weighted by molar-refractivity contribution is 0.555. The maximum Gasteiger partial charge on any atom is 0.417 e. The second-order valence-corrected chi connectivity index (χ2v) is 6.25. The van der Waals surface area contributed by atoms with Crippen molar-refractivity contribution in [3.63, 3.8) is 0 Å². The van der Waals surface area contributed by atoms with Crippen molar-refractivity contribution in [3.05, 3.63) is 34.1 Å². The van der Waals surface area contributed by atoms with Gasteiger partial charge in [0.2, 0.25) is 0 Å². The van der Waals surface area contributed by atoms with Crippen LogP contribution in [0, 0.1) is 0 Å². The molecule has 0 amide bonds. The highest BCUT2D eigenvalue weighted by Crippen LogP contribution is 2.29. The number of aromatic amines is 1. The molecule has 3 aromatic rings. The van der Waals surface area contributed by atoms with Crippen LogP contribution in [0.25, 0.3) is 22.4 Å². The number of nitrogens with zero attached hydrogens (tertiary/aromatic N) is 1. The highest BCUT2D eigenvalue weighted by atomic mass is 32.1. The fourth-order valence-corrected chi connectivity index (χ4v) is 3.62. The smallest absolute Gasteiger partial charge is 0.408 e. The van der Waals surface area contributed by atoms with E-state index in [1.54, 1.807) is 11.3 Å². The number of hydrogen-bond acceptors (Lipinski definition) is 5. The Morgan fingerprint density at radius 2 is 2.19 bits per heavy atom. The molecule has 0 saturated heterocycles. The van der Waals surface area contributed by atoms with Gasteiger partial charge < -0.3 is 9.73 Å². The van der Waals surface area contributed by atoms with Crippen molar-refractivity contribution in [2.75, 3.05) is 5.32 Å². The quantitative estimate of drug-likeness (QED) is 0.775. The number of aromatic nitrogens is 2. The van der Waals surface area contributed by atoms with Gasteiger partial charge in [-0.25, -0.2) is 9.78 Å². The Labute approximate surface area is 125 Å². The van der Waals surface area contributed by atoms with Crippen LogP contribution in [0.3, 0.4) is 0 Å². The minimum absolute atomic E-state index is 0.427. The van der Waals surface area contributed by atoms with E-state index in [0.29, 0.717) is 17.1 Å². The van der Waals surface area contributed by atoms with Crippen molar-refractivity contribution in [2.45, 2.75) is 31.7 Å². The van der Waals surface area contributed by atoms with Gasteiger partial charge in [-0.15, -0.1) is 11.3 Å². The van der Waals surface area contributed by atoms with Crippen LogP contribution >= 0.6 is 11.3 Å². The predicted octanol–water partition coefficient (Wildman–Crippen LogP) is 3.60. The molecule has 108 valence electrons. The SMILES string of the molecule is O=c1[nH]c2ccc(-c3csc(NC4CCCC4)n3)cc2o1. The van der Waals surface area contributed by atoms with E-state index < -0.39 is 5.76 Å². The first-order chi connectivity index (χ1) is 10.3. The lowest BCUT2D eigenvalue weighted by Crippen LogP contribution is -2.13. The van der Waals surface area contributed by atoms with Gasteiger partial charge in [-0.05, 0) is 25.0 Å². The van der Waals surface area contributed by atoms with Gasteiger partial charge >= 0.3 is 5.76 Å². The molecular weight excluding hydrogens is 286 g/mol. The molecule has 0 radical (unpaired) electrons. The van der Waals surface area contributed by atoms with Crippen molar-refractivity contribution in [1.82, 2.24) is 9.97 Å². The molecule has 2 heterocycles. The fraction of sp³-hybridized carbons (Fsp3) is 0.333. The van der Waals surface area contributed by atoms with Gasteiger partial charge in [0, 0.05) is 17.0 Å². The van der Waals surface area contributed by atoms with Crippen LogP contribution < -0.4 is 11.1 Å². The lowest BCUT2D eigenvalue weighted by Gasteiger charge is -2.09. The summed E-state index contributed by atoms with van der Waals surface area (Å²) in [5.41, 5.74) is 3.14. The molecule has 0 atom stereocenters. The first kappa shape index (κ1) is 12.6. The highest BCUT2D eigenvalue weighted by molar-refractivity contribution is 7.14. The number of fused-ring (bicyclic) bond motifs is 1. The van der Waals surface area contributed by atoms with Crippen molar-refractivity contribution >= 4 is 27.6 Å². The fourth-order valence-electron chi connectivity index (χ4n) is 2.82. The molecule has 0 aliphatic heterocycles. The summed E-state index contributed by atoms with van der Waals surface area (Å²) in [5, 5.41) is 6.50. The Bertz CT molecular complexity index is 827. The van der Waals surface area contributed by atoms with E-state index in [4.69, 9.17) is 4.42 Å². The van der Waals surface area contributed by atoms with E-state index in [0.717, 1.165) is 16.4 Å². The number of benzene rings is 1. The van der Waals surface area contributed by atoms with E-state index in [-0.39, 0.29) is 0 Å². The summed E-state index contributed by atoms with van der Waals surface area (Å²) in [6.45, 7) is 0. The number of oxazole rings is 1. The maximum atomic E-state index is 11.2. The molecule has 2 aromatic heterocycles. The van der Waals surface area contributed by atoms with Gasteiger partial charge in [0.05, 0.1) is 11.2 Å². The number of thiazole rings is 1. The molecule has 6 heteroatoms. The van der Waals surface area contributed by atoms with Gasteiger partial charge in [0.25, 0.3) is 0 Å². The third-order valence-corrected chi connectivity index (χ3v) is 4.68. The summed E-state index contributed by atoms with van der Waals surface area (Å²) in [6.07, 6.45) is 5.07. The zero-order valence-corrected chi connectivity index (χ0v) is 12.2. The topological polar surface area (TPSA) is 70.9 Å². The molecule has 1 saturated carbocycles. The highest BCUT2D eigenvalue weighted by Gasteiger charge is 2.16. The van der Waals surface area contributed by atoms with Crippen LogP contribution in [0.4, 0.5) is 5.13 Å². The summed E-state index contributed by atoms with van der Waals surface area (Å²) in [5.74, 6) is -0.427. The summed E-state index contributed by atoms with van der Waals surface area (Å²) in [7, 11) is 0. The van der Waals surface area contributed by atoms with E-state index >= 15 is 0 Å². The average molecular weight is 301 g/mol. The standard InChI is InChI=1S/C15H15N3O2S/c19-15-18-11-6-5-9(7-13(11)20-15)12-8-21-14(17-12)16-10-3-1-2-4-10/h5-8,10H,1-4H2,(H,16,17)(H,18,19). The number of anilines is 1. The molecule has 1 fully saturated rings. The predicted molar refractivity (Wildman–Crippen MR) is 83.8 cm³/mol. The van der Waals surface area contributed by atoms with Crippen LogP contribution in [0.5, 0.6) is 0 Å². The first-order valence-corrected chi connectivity index (χ1v) is 8.01. The second-order valence-electron chi connectivity index (χ2n) is 5.39. The van der Waals surface area contributed by atoms with Gasteiger partial charge in [-0.2, -0.15) is 0 Å². The summed E-state index contributed by atoms with van der Waals surface area (Å²) >= 11 is 1.62. The van der Waals surface area contributed by atoms with Crippen molar-refractivity contribution in [2.24, 2.45) is 0 Å². The number of H-pyrrole nitrogens is 1. The molecule has 2 N–H and O–H groups in total. The van der Waals surface area contributed by atoms with Crippen molar-refractivity contribution < 1.29 is 4.42 Å². The molecule has 1 aliphatic rings. The number of nitrogens with one attached hydrogen (secondary N) is 2. The Morgan fingerprint density at radius 3 is 3.05 bits per heavy atom. The lowest BCUT2D eigenvalue weighted by atomic mass is 10.1. The van der Waals surface area contributed by atoms with Gasteiger partial charge in [-0.3, -0.25) is 4.98 Å². The van der Waals surface area contributed by atoms with Gasteiger partial charge in [0.15, 0.2) is 10.7 Å². The Morgan fingerprint density at radius 1 is 1.33 bits per heavy atom. The largest absolute Gasteiger partial charge is 0.417 e. The van der Waals surface area contributed by atoms with Crippen LogP contribution in [0.1, 0.15) is 25.7 Å². The minimum Gasteiger partial charge on any atom is -0.408 e. The first-order valence-electron chi connectivity index (χ1n) is 7.13. The molecule has 21 heavy (non-hydrogen) atoms. The minimum atomic E-state index is -0.427. The molecule has 1 aliphatic carbocycles. The maximum absolute atomic E-state index is 11.2. The van der Waals surface area contributed by atoms with E-state index in [1.165, 1.54) is 25.7 Å². The van der Waals surface area contributed by atoms with Gasteiger partial charge in [0.1, 0.15) is 0 Å². The molecule has 0 unspecified atom stereocenters. The van der Waals surface area contributed by atoms with Gasteiger partial charge in [-0.1, -0.05) is 18.9 Å². The van der Waals surface area contributed by atoms with E-state index in [2.05, 4.69) is 15.3 Å². The van der Waals surface area contributed by atoms with Crippen LogP contribution in [0.15, 0.2) is 32.8 Å². The summed E-state index contributed by atoms with van der Waals surface area (Å²) in [4.78, 5) is 18.5. The van der Waals surface area contributed by atoms with Crippen LogP contribution in [-0.2, 0) is 0 Å². The Hall–Kier alpha value is -2.08. The van der Waals surface area contributed by atoms with Crippen molar-refractivity contribution in [3.8, 4) is 11.3 Å². The molecule has 4 rings (SSSR count). The molecule has 0 spiro atoms. The summed E-state index contributed by atoms with van der Waals surface area (Å²) in [6, 6.07) is 6.21. The van der Waals surface area contributed by atoms with E-state index in [1.807, 2.05) is 23.6 Å². The summed E-state index contributed by atoms with van der Waals surface area (Å²) < 4.78 is 5.09. The number of rotatable bonds is 3. The molecule has 0 bridgehead atoms. The monoisotopic (exact) mass is 301 g/mol.